The third kappa shape index (κ3) is 4.45. The summed E-state index contributed by atoms with van der Waals surface area (Å²) in [5, 5.41) is 12.9. The van der Waals surface area contributed by atoms with E-state index in [0.29, 0.717) is 37.0 Å². The van der Waals surface area contributed by atoms with Crippen LogP contribution in [-0.4, -0.2) is 28.6 Å². The fourth-order valence-corrected chi connectivity index (χ4v) is 3.20. The van der Waals surface area contributed by atoms with E-state index in [2.05, 4.69) is 10.3 Å². The number of aromatic nitrogens is 1. The first-order valence-electron chi connectivity index (χ1n) is 8.67. The zero-order valence-corrected chi connectivity index (χ0v) is 13.8. The van der Waals surface area contributed by atoms with E-state index in [0.717, 1.165) is 18.4 Å². The summed E-state index contributed by atoms with van der Waals surface area (Å²) < 4.78 is 5.69. The Balaban J connectivity index is 1.42. The minimum atomic E-state index is -0.428. The summed E-state index contributed by atoms with van der Waals surface area (Å²) in [4.78, 5) is 16.1. The molecular formula is C19H24N2O3. The van der Waals surface area contributed by atoms with Crippen molar-refractivity contribution in [2.45, 2.75) is 44.6 Å². The SMILES string of the molecule is O=C(CCc1ncc(-c2ccccc2)o1)NCC(O)C1CCCC1. The predicted octanol–water partition coefficient (Wildman–Crippen LogP) is 2.94. The van der Waals surface area contributed by atoms with Crippen LogP contribution in [0.4, 0.5) is 0 Å². The predicted molar refractivity (Wildman–Crippen MR) is 91.2 cm³/mol. The smallest absolute Gasteiger partial charge is 0.220 e. The van der Waals surface area contributed by atoms with Crippen molar-refractivity contribution in [2.75, 3.05) is 6.54 Å². The average Bonchev–Trinajstić information content (AvgIpc) is 3.30. The van der Waals surface area contributed by atoms with Gasteiger partial charge in [-0.3, -0.25) is 4.79 Å². The van der Waals surface area contributed by atoms with Gasteiger partial charge in [0.1, 0.15) is 0 Å². The monoisotopic (exact) mass is 328 g/mol. The summed E-state index contributed by atoms with van der Waals surface area (Å²) in [5.41, 5.74) is 0.973. The molecule has 1 heterocycles. The van der Waals surface area contributed by atoms with Gasteiger partial charge < -0.3 is 14.8 Å². The lowest BCUT2D eigenvalue weighted by molar-refractivity contribution is -0.121. The quantitative estimate of drug-likeness (QED) is 0.819. The minimum Gasteiger partial charge on any atom is -0.441 e. The molecule has 1 aromatic carbocycles. The molecule has 0 bridgehead atoms. The van der Waals surface area contributed by atoms with Crippen molar-refractivity contribution >= 4 is 5.91 Å². The Kier molecular flexibility index (Phi) is 5.64. The van der Waals surface area contributed by atoms with Crippen LogP contribution >= 0.6 is 0 Å². The Morgan fingerprint density at radius 3 is 2.79 bits per heavy atom. The number of benzene rings is 1. The van der Waals surface area contributed by atoms with Gasteiger partial charge in [-0.2, -0.15) is 0 Å². The Bertz CT molecular complexity index is 648. The number of nitrogens with zero attached hydrogens (tertiary/aromatic N) is 1. The van der Waals surface area contributed by atoms with Crippen LogP contribution in [-0.2, 0) is 11.2 Å². The number of aryl methyl sites for hydroxylation is 1. The highest BCUT2D eigenvalue weighted by molar-refractivity contribution is 5.76. The molecule has 1 fully saturated rings. The maximum absolute atomic E-state index is 11.9. The Morgan fingerprint density at radius 2 is 2.04 bits per heavy atom. The lowest BCUT2D eigenvalue weighted by atomic mass is 10.0. The molecule has 0 saturated heterocycles. The Morgan fingerprint density at radius 1 is 1.29 bits per heavy atom. The van der Waals surface area contributed by atoms with Gasteiger partial charge in [0.25, 0.3) is 0 Å². The fraction of sp³-hybridized carbons (Fsp3) is 0.474. The van der Waals surface area contributed by atoms with Crippen molar-refractivity contribution < 1.29 is 14.3 Å². The zero-order valence-electron chi connectivity index (χ0n) is 13.8. The summed E-state index contributed by atoms with van der Waals surface area (Å²) >= 11 is 0. The molecule has 24 heavy (non-hydrogen) atoms. The lowest BCUT2D eigenvalue weighted by Crippen LogP contribution is -2.35. The summed E-state index contributed by atoms with van der Waals surface area (Å²) in [7, 11) is 0. The lowest BCUT2D eigenvalue weighted by Gasteiger charge is -2.17. The molecule has 5 heteroatoms. The van der Waals surface area contributed by atoms with Gasteiger partial charge in [0.2, 0.25) is 5.91 Å². The number of hydrogen-bond acceptors (Lipinski definition) is 4. The number of carbonyl (C=O) groups excluding carboxylic acids is 1. The van der Waals surface area contributed by atoms with E-state index >= 15 is 0 Å². The van der Waals surface area contributed by atoms with Gasteiger partial charge in [0.05, 0.1) is 12.3 Å². The van der Waals surface area contributed by atoms with Crippen LogP contribution < -0.4 is 5.32 Å². The molecule has 1 aromatic heterocycles. The van der Waals surface area contributed by atoms with Crippen LogP contribution in [0.2, 0.25) is 0 Å². The molecule has 5 nitrogen and oxygen atoms in total. The molecule has 1 atom stereocenters. The van der Waals surface area contributed by atoms with Crippen LogP contribution in [0, 0.1) is 5.92 Å². The first kappa shape index (κ1) is 16.7. The molecule has 0 aliphatic heterocycles. The van der Waals surface area contributed by atoms with Gasteiger partial charge in [-0.05, 0) is 18.8 Å². The van der Waals surface area contributed by atoms with Gasteiger partial charge in [-0.15, -0.1) is 0 Å². The largest absolute Gasteiger partial charge is 0.441 e. The van der Waals surface area contributed by atoms with E-state index in [1.807, 2.05) is 30.3 Å². The standard InChI is InChI=1S/C19H24N2O3/c22-16(14-6-4-5-7-14)12-20-18(23)10-11-19-21-13-17(24-19)15-8-2-1-3-9-15/h1-3,8-9,13-14,16,22H,4-7,10-12H2,(H,20,23). The highest BCUT2D eigenvalue weighted by Crippen LogP contribution is 2.27. The zero-order chi connectivity index (χ0) is 16.8. The molecule has 3 rings (SSSR count). The third-order valence-corrected chi connectivity index (χ3v) is 4.63. The van der Waals surface area contributed by atoms with Gasteiger partial charge in [0.15, 0.2) is 11.7 Å². The highest BCUT2D eigenvalue weighted by atomic mass is 16.4. The number of rotatable bonds is 7. The summed E-state index contributed by atoms with van der Waals surface area (Å²) in [5.74, 6) is 1.53. The van der Waals surface area contributed by atoms with Gasteiger partial charge >= 0.3 is 0 Å². The van der Waals surface area contributed by atoms with Gasteiger partial charge in [0, 0.05) is 24.9 Å². The van der Waals surface area contributed by atoms with Crippen LogP contribution in [0.15, 0.2) is 40.9 Å². The number of aliphatic hydroxyl groups is 1. The maximum Gasteiger partial charge on any atom is 0.220 e. The van der Waals surface area contributed by atoms with E-state index in [9.17, 15) is 9.90 Å². The van der Waals surface area contributed by atoms with Crippen LogP contribution in [0.3, 0.4) is 0 Å². The Hall–Kier alpha value is -2.14. The molecule has 1 aliphatic rings. The van der Waals surface area contributed by atoms with Crippen LogP contribution in [0.1, 0.15) is 38.0 Å². The highest BCUT2D eigenvalue weighted by Gasteiger charge is 2.23. The average molecular weight is 328 g/mol. The molecule has 1 aliphatic carbocycles. The molecule has 1 unspecified atom stereocenters. The van der Waals surface area contributed by atoms with Gasteiger partial charge in [-0.25, -0.2) is 4.98 Å². The fourth-order valence-electron chi connectivity index (χ4n) is 3.20. The van der Waals surface area contributed by atoms with Crippen molar-refractivity contribution in [3.63, 3.8) is 0 Å². The maximum atomic E-state index is 11.9. The number of carbonyl (C=O) groups is 1. The molecular weight excluding hydrogens is 304 g/mol. The first-order valence-corrected chi connectivity index (χ1v) is 8.67. The van der Waals surface area contributed by atoms with Crippen molar-refractivity contribution in [1.82, 2.24) is 10.3 Å². The normalized spacial score (nSPS) is 16.2. The molecule has 0 spiro atoms. The van der Waals surface area contributed by atoms with Crippen LogP contribution in [0.5, 0.6) is 0 Å². The second-order valence-electron chi connectivity index (χ2n) is 6.40. The molecule has 1 saturated carbocycles. The van der Waals surface area contributed by atoms with Crippen LogP contribution in [0.25, 0.3) is 11.3 Å². The number of hydrogen-bond donors (Lipinski definition) is 2. The number of amides is 1. The summed E-state index contributed by atoms with van der Waals surface area (Å²) in [6.45, 7) is 0.338. The number of nitrogens with one attached hydrogen (secondary N) is 1. The van der Waals surface area contributed by atoms with Crippen molar-refractivity contribution in [3.05, 3.63) is 42.4 Å². The summed E-state index contributed by atoms with van der Waals surface area (Å²) in [6.07, 6.45) is 6.53. The first-order chi connectivity index (χ1) is 11.7. The number of aliphatic hydroxyl groups excluding tert-OH is 1. The molecule has 2 aromatic rings. The minimum absolute atomic E-state index is 0.0773. The second kappa shape index (κ2) is 8.11. The third-order valence-electron chi connectivity index (χ3n) is 4.63. The van der Waals surface area contributed by atoms with E-state index in [4.69, 9.17) is 4.42 Å². The van der Waals surface area contributed by atoms with E-state index in [1.165, 1.54) is 12.8 Å². The molecule has 0 radical (unpaired) electrons. The topological polar surface area (TPSA) is 75.4 Å². The van der Waals surface area contributed by atoms with Crippen molar-refractivity contribution in [2.24, 2.45) is 5.92 Å². The van der Waals surface area contributed by atoms with E-state index < -0.39 is 6.10 Å². The van der Waals surface area contributed by atoms with Crippen molar-refractivity contribution in [1.29, 1.82) is 0 Å². The number of oxazole rings is 1. The van der Waals surface area contributed by atoms with E-state index in [-0.39, 0.29) is 5.91 Å². The molecule has 2 N–H and O–H groups in total. The van der Waals surface area contributed by atoms with E-state index in [1.54, 1.807) is 6.20 Å². The summed E-state index contributed by atoms with van der Waals surface area (Å²) in [6, 6.07) is 9.76. The second-order valence-corrected chi connectivity index (χ2v) is 6.40. The molecule has 1 amide bonds. The molecule has 128 valence electrons. The Labute approximate surface area is 142 Å². The van der Waals surface area contributed by atoms with Crippen molar-refractivity contribution in [3.8, 4) is 11.3 Å². The van der Waals surface area contributed by atoms with Gasteiger partial charge in [-0.1, -0.05) is 43.2 Å².